The second kappa shape index (κ2) is 5.51. The van der Waals surface area contributed by atoms with Crippen LogP contribution >= 0.6 is 23.8 Å². The quantitative estimate of drug-likeness (QED) is 0.690. The van der Waals surface area contributed by atoms with E-state index in [0.717, 1.165) is 4.68 Å². The smallest absolute Gasteiger partial charge is 0.286 e. The summed E-state index contributed by atoms with van der Waals surface area (Å²) in [6, 6.07) is 6.97. The van der Waals surface area contributed by atoms with E-state index in [1.54, 1.807) is 38.1 Å². The van der Waals surface area contributed by atoms with Crippen molar-refractivity contribution < 1.29 is 4.52 Å². The topological polar surface area (TPSA) is 73.0 Å². The number of nitrogens with one attached hydrogen (secondary N) is 1. The summed E-state index contributed by atoms with van der Waals surface area (Å²) < 4.78 is 6.25. The molecule has 0 saturated carbocycles. The lowest BCUT2D eigenvalue weighted by atomic mass is 10.2. The maximum atomic E-state index is 12.5. The Labute approximate surface area is 135 Å². The molecule has 0 spiro atoms. The predicted molar refractivity (Wildman–Crippen MR) is 88.6 cm³/mol. The molecule has 6 nitrogen and oxygen atoms in total. The van der Waals surface area contributed by atoms with Gasteiger partial charge >= 0.3 is 0 Å². The first-order valence-corrected chi connectivity index (χ1v) is 7.19. The van der Waals surface area contributed by atoms with Crippen molar-refractivity contribution in [3.05, 3.63) is 51.0 Å². The molecule has 3 rings (SSSR count). The largest absolute Gasteiger partial charge is 0.354 e. The molecule has 0 amide bonds. The second-order valence-corrected chi connectivity index (χ2v) is 5.53. The van der Waals surface area contributed by atoms with Crippen molar-refractivity contribution in [1.29, 1.82) is 0 Å². The highest BCUT2D eigenvalue weighted by atomic mass is 35.5. The maximum Gasteiger partial charge on any atom is 0.286 e. The van der Waals surface area contributed by atoms with Crippen molar-refractivity contribution >= 4 is 45.6 Å². The average molecular weight is 335 g/mol. The van der Waals surface area contributed by atoms with Crippen LogP contribution in [-0.4, -0.2) is 20.0 Å². The first-order chi connectivity index (χ1) is 10.5. The van der Waals surface area contributed by atoms with Crippen LogP contribution in [0.1, 0.15) is 11.4 Å². The minimum atomic E-state index is -0.370. The van der Waals surface area contributed by atoms with Crippen molar-refractivity contribution in [2.24, 2.45) is 0 Å². The highest BCUT2D eigenvalue weighted by molar-refractivity contribution is 7.80. The molecule has 8 heteroatoms. The van der Waals surface area contributed by atoms with Crippen LogP contribution in [0.5, 0.6) is 0 Å². The number of aryl methyl sites for hydroxylation is 2. The third-order valence-corrected chi connectivity index (χ3v) is 3.66. The Hall–Kier alpha value is -2.25. The monoisotopic (exact) mass is 334 g/mol. The summed E-state index contributed by atoms with van der Waals surface area (Å²) in [6.07, 6.45) is 0. The van der Waals surface area contributed by atoms with Gasteiger partial charge in [0.25, 0.3) is 5.56 Å². The minimum absolute atomic E-state index is 0.165. The van der Waals surface area contributed by atoms with Crippen LogP contribution in [0.3, 0.4) is 0 Å². The van der Waals surface area contributed by atoms with Crippen molar-refractivity contribution in [3.8, 4) is 0 Å². The van der Waals surface area contributed by atoms with Gasteiger partial charge in [0, 0.05) is 10.7 Å². The Morgan fingerprint density at radius 1 is 1.27 bits per heavy atom. The number of rotatable bonds is 1. The van der Waals surface area contributed by atoms with Gasteiger partial charge < -0.3 is 9.84 Å². The molecule has 3 aromatic rings. The number of hydrogen-bond donors (Lipinski definition) is 1. The number of thiocarbonyl (C=S) groups is 1. The summed E-state index contributed by atoms with van der Waals surface area (Å²) in [7, 11) is 0. The van der Waals surface area contributed by atoms with Gasteiger partial charge in [0.05, 0.1) is 5.69 Å². The van der Waals surface area contributed by atoms with Crippen molar-refractivity contribution in [2.75, 3.05) is 5.32 Å². The van der Waals surface area contributed by atoms with Crippen LogP contribution < -0.4 is 10.9 Å². The summed E-state index contributed by atoms with van der Waals surface area (Å²) in [5, 5.41) is 12.1. The van der Waals surface area contributed by atoms with E-state index in [2.05, 4.69) is 15.6 Å². The van der Waals surface area contributed by atoms with Crippen LogP contribution in [0, 0.1) is 13.8 Å². The Morgan fingerprint density at radius 3 is 2.64 bits per heavy atom. The first-order valence-electron chi connectivity index (χ1n) is 6.40. The first kappa shape index (κ1) is 14.7. The number of hydrogen-bond acceptors (Lipinski definition) is 5. The number of benzene rings is 1. The van der Waals surface area contributed by atoms with Gasteiger partial charge in [0.2, 0.25) is 5.11 Å². The van der Waals surface area contributed by atoms with Crippen LogP contribution in [0.2, 0.25) is 5.02 Å². The van der Waals surface area contributed by atoms with Gasteiger partial charge in [-0.05, 0) is 50.3 Å². The van der Waals surface area contributed by atoms with E-state index in [9.17, 15) is 4.79 Å². The zero-order valence-corrected chi connectivity index (χ0v) is 13.3. The third kappa shape index (κ3) is 2.49. The van der Waals surface area contributed by atoms with Crippen molar-refractivity contribution in [1.82, 2.24) is 14.9 Å². The molecule has 2 aromatic heterocycles. The molecule has 112 valence electrons. The van der Waals surface area contributed by atoms with E-state index in [1.165, 1.54) is 0 Å². The fraction of sp³-hybridized carbons (Fsp3) is 0.143. The predicted octanol–water partition coefficient (Wildman–Crippen LogP) is 2.90. The fourth-order valence-electron chi connectivity index (χ4n) is 2.06. The maximum absolute atomic E-state index is 12.5. The molecule has 0 fully saturated rings. The summed E-state index contributed by atoms with van der Waals surface area (Å²) in [5.41, 5.74) is 1.77. The number of aromatic nitrogens is 3. The van der Waals surface area contributed by atoms with Gasteiger partial charge in [0.15, 0.2) is 5.58 Å². The summed E-state index contributed by atoms with van der Waals surface area (Å²) in [6.45, 7) is 3.43. The van der Waals surface area contributed by atoms with E-state index >= 15 is 0 Å². The standard InChI is InChI=1S/C14H11ClN4O2S/c1-7-11-12(21-18-7)8(2)17-19(13(11)20)14(22)16-10-5-3-9(15)4-6-10/h3-6H,1-2H3,(H,16,22). The highest BCUT2D eigenvalue weighted by Crippen LogP contribution is 2.16. The van der Waals surface area contributed by atoms with Crippen LogP contribution in [0.25, 0.3) is 11.0 Å². The molecule has 0 bridgehead atoms. The molecule has 22 heavy (non-hydrogen) atoms. The van der Waals surface area contributed by atoms with E-state index < -0.39 is 0 Å². The van der Waals surface area contributed by atoms with Gasteiger partial charge in [-0.2, -0.15) is 9.78 Å². The van der Waals surface area contributed by atoms with Crippen LogP contribution in [0.4, 0.5) is 5.69 Å². The molecule has 0 aliphatic heterocycles. The number of anilines is 1. The zero-order valence-electron chi connectivity index (χ0n) is 11.8. The SMILES string of the molecule is Cc1nn(C(=S)Nc2ccc(Cl)cc2)c(=O)c2c(C)noc12. The lowest BCUT2D eigenvalue weighted by Gasteiger charge is -2.10. The molecule has 0 aliphatic rings. The average Bonchev–Trinajstić information content (AvgIpc) is 2.88. The molecule has 1 aromatic carbocycles. The fourth-order valence-corrected chi connectivity index (χ4v) is 2.43. The normalized spacial score (nSPS) is 10.9. The van der Waals surface area contributed by atoms with E-state index in [4.69, 9.17) is 28.3 Å². The lowest BCUT2D eigenvalue weighted by molar-refractivity contribution is 0.447. The number of halogens is 1. The molecule has 0 atom stereocenters. The van der Waals surface area contributed by atoms with Crippen molar-refractivity contribution in [3.63, 3.8) is 0 Å². The van der Waals surface area contributed by atoms with E-state index in [0.29, 0.717) is 33.1 Å². The van der Waals surface area contributed by atoms with Crippen LogP contribution in [0.15, 0.2) is 33.6 Å². The van der Waals surface area contributed by atoms with Crippen molar-refractivity contribution in [2.45, 2.75) is 13.8 Å². The van der Waals surface area contributed by atoms with Gasteiger partial charge in [-0.1, -0.05) is 16.8 Å². The number of nitrogens with zero attached hydrogens (tertiary/aromatic N) is 3. The highest BCUT2D eigenvalue weighted by Gasteiger charge is 2.17. The lowest BCUT2D eigenvalue weighted by Crippen LogP contribution is -2.33. The van der Waals surface area contributed by atoms with Gasteiger partial charge in [0.1, 0.15) is 11.1 Å². The Bertz CT molecular complexity index is 930. The molecule has 0 saturated heterocycles. The molecule has 0 unspecified atom stereocenters. The number of fused-ring (bicyclic) bond motifs is 1. The Morgan fingerprint density at radius 2 is 1.95 bits per heavy atom. The Kier molecular flexibility index (Phi) is 3.67. The van der Waals surface area contributed by atoms with Gasteiger partial charge in [-0.3, -0.25) is 4.79 Å². The molecule has 0 radical (unpaired) electrons. The molecule has 0 aliphatic carbocycles. The molecule has 1 N–H and O–H groups in total. The summed E-state index contributed by atoms with van der Waals surface area (Å²) in [5.74, 6) is 0. The van der Waals surface area contributed by atoms with Gasteiger partial charge in [-0.15, -0.1) is 0 Å². The van der Waals surface area contributed by atoms with E-state index in [1.807, 2.05) is 0 Å². The second-order valence-electron chi connectivity index (χ2n) is 4.71. The van der Waals surface area contributed by atoms with Gasteiger partial charge in [-0.25, -0.2) is 0 Å². The third-order valence-electron chi connectivity index (χ3n) is 3.14. The summed E-state index contributed by atoms with van der Waals surface area (Å²) >= 11 is 11.1. The zero-order chi connectivity index (χ0) is 15.9. The molecule has 2 heterocycles. The molecular formula is C14H11ClN4O2S. The minimum Gasteiger partial charge on any atom is -0.354 e. The summed E-state index contributed by atoms with van der Waals surface area (Å²) in [4.78, 5) is 12.5. The van der Waals surface area contributed by atoms with E-state index in [-0.39, 0.29) is 10.7 Å². The Balaban J connectivity index is 2.04. The molecular weight excluding hydrogens is 324 g/mol. The van der Waals surface area contributed by atoms with Crippen LogP contribution in [-0.2, 0) is 0 Å².